The van der Waals surface area contributed by atoms with Crippen LogP contribution in [0.1, 0.15) is 29.9 Å². The van der Waals surface area contributed by atoms with Crippen molar-refractivity contribution in [3.63, 3.8) is 0 Å². The van der Waals surface area contributed by atoms with E-state index in [9.17, 15) is 18.0 Å². The summed E-state index contributed by atoms with van der Waals surface area (Å²) in [5, 5.41) is 2.93. The van der Waals surface area contributed by atoms with Gasteiger partial charge in [0.15, 0.2) is 0 Å². The maximum absolute atomic E-state index is 13.0. The fourth-order valence-electron chi connectivity index (χ4n) is 3.31. The zero-order valence-corrected chi connectivity index (χ0v) is 16.3. The van der Waals surface area contributed by atoms with E-state index >= 15 is 0 Å². The molecule has 1 fully saturated rings. The number of amides is 1. The highest BCUT2D eigenvalue weighted by Crippen LogP contribution is 2.31. The van der Waals surface area contributed by atoms with Crippen molar-refractivity contribution in [2.75, 3.05) is 25.1 Å². The van der Waals surface area contributed by atoms with E-state index in [0.717, 1.165) is 17.4 Å². The van der Waals surface area contributed by atoms with Crippen molar-refractivity contribution >= 4 is 11.7 Å². The minimum atomic E-state index is -4.51. The number of hydrogen-bond acceptors (Lipinski definition) is 5. The van der Waals surface area contributed by atoms with Gasteiger partial charge in [-0.05, 0) is 37.5 Å². The number of carbonyl (C=O) groups excluding carboxylic acids is 1. The number of hydrogen-bond donors (Lipinski definition) is 1. The first-order valence-electron chi connectivity index (χ1n) is 9.34. The second kappa shape index (κ2) is 8.67. The number of nitrogens with one attached hydrogen (secondary N) is 1. The fourth-order valence-corrected chi connectivity index (χ4v) is 3.31. The molecule has 6 nitrogen and oxygen atoms in total. The Balaban J connectivity index is 1.54. The molecular formula is C20H23F3N4O2. The highest BCUT2D eigenvalue weighted by atomic mass is 19.4. The van der Waals surface area contributed by atoms with Gasteiger partial charge >= 0.3 is 6.18 Å². The number of aryl methyl sites for hydroxylation is 1. The van der Waals surface area contributed by atoms with Crippen LogP contribution < -0.4 is 15.0 Å². The SMILES string of the molecule is COc1ccc(CNC(=O)C2CCN(c3cc(C(F)(F)F)nc(C)n3)CC2)cc1. The van der Waals surface area contributed by atoms with Crippen LogP contribution in [0.5, 0.6) is 5.75 Å². The van der Waals surface area contributed by atoms with E-state index in [1.165, 1.54) is 6.92 Å². The van der Waals surface area contributed by atoms with Crippen molar-refractivity contribution in [3.8, 4) is 5.75 Å². The number of methoxy groups -OCH3 is 1. The van der Waals surface area contributed by atoms with E-state index in [4.69, 9.17) is 4.74 Å². The van der Waals surface area contributed by atoms with Gasteiger partial charge < -0.3 is 15.0 Å². The molecular weight excluding hydrogens is 385 g/mol. The Labute approximate surface area is 167 Å². The monoisotopic (exact) mass is 408 g/mol. The van der Waals surface area contributed by atoms with Crippen molar-refractivity contribution < 1.29 is 22.7 Å². The molecule has 0 aliphatic carbocycles. The van der Waals surface area contributed by atoms with E-state index in [0.29, 0.717) is 32.5 Å². The number of halogens is 3. The van der Waals surface area contributed by atoms with Crippen LogP contribution in [0.4, 0.5) is 19.0 Å². The molecule has 1 aliphatic rings. The topological polar surface area (TPSA) is 67.3 Å². The normalized spacial score (nSPS) is 15.3. The van der Waals surface area contributed by atoms with E-state index in [-0.39, 0.29) is 23.5 Å². The van der Waals surface area contributed by atoms with Crippen molar-refractivity contribution in [1.29, 1.82) is 0 Å². The standard InChI is InChI=1S/C20H23F3N4O2/c1-13-25-17(20(21,22)23)11-18(26-13)27-9-7-15(8-10-27)19(28)24-12-14-3-5-16(29-2)6-4-14/h3-6,11,15H,7-10,12H2,1-2H3,(H,24,28). The first kappa shape index (κ1) is 20.9. The Morgan fingerprint density at radius 2 is 1.86 bits per heavy atom. The second-order valence-corrected chi connectivity index (χ2v) is 6.98. The van der Waals surface area contributed by atoms with E-state index in [1.54, 1.807) is 12.0 Å². The average molecular weight is 408 g/mol. The Morgan fingerprint density at radius 3 is 2.45 bits per heavy atom. The van der Waals surface area contributed by atoms with Crippen LogP contribution in [0.25, 0.3) is 0 Å². The smallest absolute Gasteiger partial charge is 0.433 e. The molecule has 1 aromatic heterocycles. The molecule has 0 atom stereocenters. The van der Waals surface area contributed by atoms with Gasteiger partial charge in [-0.15, -0.1) is 0 Å². The Bertz CT molecular complexity index is 848. The molecule has 1 amide bonds. The summed E-state index contributed by atoms with van der Waals surface area (Å²) in [5.41, 5.74) is 0.0204. The van der Waals surface area contributed by atoms with Gasteiger partial charge in [-0.3, -0.25) is 4.79 Å². The largest absolute Gasteiger partial charge is 0.497 e. The summed E-state index contributed by atoms with van der Waals surface area (Å²) in [7, 11) is 1.59. The fraction of sp³-hybridized carbons (Fsp3) is 0.450. The lowest BCUT2D eigenvalue weighted by Gasteiger charge is -2.32. The number of piperidine rings is 1. The van der Waals surface area contributed by atoms with E-state index in [1.807, 2.05) is 24.3 Å². The van der Waals surface area contributed by atoms with Gasteiger partial charge in [0.1, 0.15) is 23.1 Å². The lowest BCUT2D eigenvalue weighted by molar-refractivity contribution is -0.141. The van der Waals surface area contributed by atoms with Crippen LogP contribution >= 0.6 is 0 Å². The predicted molar refractivity (Wildman–Crippen MR) is 102 cm³/mol. The third-order valence-corrected chi connectivity index (χ3v) is 4.93. The summed E-state index contributed by atoms with van der Waals surface area (Å²) in [6, 6.07) is 8.41. The van der Waals surface area contributed by atoms with Crippen molar-refractivity contribution in [3.05, 3.63) is 47.4 Å². The molecule has 156 valence electrons. The number of carbonyl (C=O) groups is 1. The highest BCUT2D eigenvalue weighted by Gasteiger charge is 2.34. The van der Waals surface area contributed by atoms with Crippen LogP contribution in [0, 0.1) is 12.8 Å². The van der Waals surface area contributed by atoms with Gasteiger partial charge in [0.05, 0.1) is 7.11 Å². The lowest BCUT2D eigenvalue weighted by atomic mass is 9.95. The maximum atomic E-state index is 13.0. The number of rotatable bonds is 5. The molecule has 0 unspecified atom stereocenters. The zero-order valence-electron chi connectivity index (χ0n) is 16.3. The van der Waals surface area contributed by atoms with Gasteiger partial charge in [0, 0.05) is 31.6 Å². The molecule has 0 radical (unpaired) electrons. The summed E-state index contributed by atoms with van der Waals surface area (Å²) < 4.78 is 44.1. The molecule has 0 spiro atoms. The number of alkyl halides is 3. The Hall–Kier alpha value is -2.84. The molecule has 0 bridgehead atoms. The molecule has 2 heterocycles. The van der Waals surface area contributed by atoms with Gasteiger partial charge in [-0.2, -0.15) is 13.2 Å². The minimum Gasteiger partial charge on any atom is -0.497 e. The Morgan fingerprint density at radius 1 is 1.21 bits per heavy atom. The molecule has 3 rings (SSSR count). The quantitative estimate of drug-likeness (QED) is 0.822. The van der Waals surface area contributed by atoms with Gasteiger partial charge in [-0.1, -0.05) is 12.1 Å². The molecule has 1 aromatic carbocycles. The summed E-state index contributed by atoms with van der Waals surface area (Å²) in [6.07, 6.45) is -3.40. The number of ether oxygens (including phenoxy) is 1. The number of anilines is 1. The summed E-state index contributed by atoms with van der Waals surface area (Å²) in [5.74, 6) is 0.863. The molecule has 0 saturated carbocycles. The highest BCUT2D eigenvalue weighted by molar-refractivity contribution is 5.79. The molecule has 1 aliphatic heterocycles. The minimum absolute atomic E-state index is 0.0460. The Kier molecular flexibility index (Phi) is 6.24. The lowest BCUT2D eigenvalue weighted by Crippen LogP contribution is -2.40. The van der Waals surface area contributed by atoms with Crippen LogP contribution in [-0.4, -0.2) is 36.1 Å². The molecule has 2 aromatic rings. The molecule has 29 heavy (non-hydrogen) atoms. The molecule has 9 heteroatoms. The summed E-state index contributed by atoms with van der Waals surface area (Å²) in [4.78, 5) is 21.8. The molecule has 1 saturated heterocycles. The van der Waals surface area contributed by atoms with Crippen molar-refractivity contribution in [2.24, 2.45) is 5.92 Å². The third-order valence-electron chi connectivity index (χ3n) is 4.93. The molecule has 1 N–H and O–H groups in total. The summed E-state index contributed by atoms with van der Waals surface area (Å²) in [6.45, 7) is 2.80. The number of nitrogens with zero attached hydrogens (tertiary/aromatic N) is 3. The predicted octanol–water partition coefficient (Wildman–Crippen LogP) is 3.35. The van der Waals surface area contributed by atoms with Gasteiger partial charge in [-0.25, -0.2) is 9.97 Å². The van der Waals surface area contributed by atoms with Gasteiger partial charge in [0.25, 0.3) is 0 Å². The number of aromatic nitrogens is 2. The van der Waals surface area contributed by atoms with E-state index < -0.39 is 11.9 Å². The maximum Gasteiger partial charge on any atom is 0.433 e. The van der Waals surface area contributed by atoms with Crippen molar-refractivity contribution in [1.82, 2.24) is 15.3 Å². The van der Waals surface area contributed by atoms with Crippen molar-refractivity contribution in [2.45, 2.75) is 32.5 Å². The van der Waals surface area contributed by atoms with Crippen LogP contribution in [0.15, 0.2) is 30.3 Å². The second-order valence-electron chi connectivity index (χ2n) is 6.98. The van der Waals surface area contributed by atoms with Crippen LogP contribution in [0.2, 0.25) is 0 Å². The van der Waals surface area contributed by atoms with Crippen LogP contribution in [-0.2, 0) is 17.5 Å². The first-order valence-corrected chi connectivity index (χ1v) is 9.34. The third kappa shape index (κ3) is 5.36. The summed E-state index contributed by atoms with van der Waals surface area (Å²) >= 11 is 0. The zero-order chi connectivity index (χ0) is 21.0. The average Bonchev–Trinajstić information content (AvgIpc) is 2.71. The first-order chi connectivity index (χ1) is 13.8. The van der Waals surface area contributed by atoms with Gasteiger partial charge in [0.2, 0.25) is 5.91 Å². The number of benzene rings is 1. The van der Waals surface area contributed by atoms with E-state index in [2.05, 4.69) is 15.3 Å². The van der Waals surface area contributed by atoms with Crippen LogP contribution in [0.3, 0.4) is 0 Å².